The summed E-state index contributed by atoms with van der Waals surface area (Å²) in [6.45, 7) is 6.66. The zero-order chi connectivity index (χ0) is 24.5. The second-order valence-electron chi connectivity index (χ2n) is 8.54. The van der Waals surface area contributed by atoms with Gasteiger partial charge in [-0.3, -0.25) is 14.5 Å². The van der Waals surface area contributed by atoms with E-state index in [0.29, 0.717) is 12.1 Å². The summed E-state index contributed by atoms with van der Waals surface area (Å²) in [5, 5.41) is 5.97. The van der Waals surface area contributed by atoms with Gasteiger partial charge >= 0.3 is 0 Å². The van der Waals surface area contributed by atoms with Gasteiger partial charge in [0, 0.05) is 36.8 Å². The van der Waals surface area contributed by atoms with Crippen LogP contribution in [0.3, 0.4) is 0 Å². The first-order valence-corrected chi connectivity index (χ1v) is 12.8. The van der Waals surface area contributed by atoms with Gasteiger partial charge in [0.2, 0.25) is 5.91 Å². The molecular formula is C28H31N3O3S. The summed E-state index contributed by atoms with van der Waals surface area (Å²) in [4.78, 5) is 28.6. The first-order valence-electron chi connectivity index (χ1n) is 11.8. The number of anilines is 1. The molecule has 6 nitrogen and oxygen atoms in total. The second-order valence-corrected chi connectivity index (χ2v) is 9.56. The third kappa shape index (κ3) is 7.42. The van der Waals surface area contributed by atoms with Crippen LogP contribution in [0, 0.1) is 6.92 Å². The average Bonchev–Trinajstić information content (AvgIpc) is 2.89. The highest BCUT2D eigenvalue weighted by molar-refractivity contribution is 8.00. The van der Waals surface area contributed by atoms with Crippen LogP contribution in [-0.2, 0) is 22.6 Å². The van der Waals surface area contributed by atoms with Gasteiger partial charge in [-0.2, -0.15) is 0 Å². The maximum atomic E-state index is 13.1. The molecular weight excluding hydrogens is 458 g/mol. The minimum Gasteiger partial charge on any atom is -0.379 e. The highest BCUT2D eigenvalue weighted by Gasteiger charge is 2.15. The van der Waals surface area contributed by atoms with E-state index in [1.807, 2.05) is 61.5 Å². The molecule has 3 aromatic carbocycles. The molecule has 1 aliphatic heterocycles. The topological polar surface area (TPSA) is 70.7 Å². The summed E-state index contributed by atoms with van der Waals surface area (Å²) in [6.07, 6.45) is 0. The fraction of sp³-hybridized carbons (Fsp3) is 0.286. The normalized spacial score (nSPS) is 13.9. The Morgan fingerprint density at radius 3 is 2.37 bits per heavy atom. The molecule has 0 bridgehead atoms. The van der Waals surface area contributed by atoms with Crippen molar-refractivity contribution in [2.75, 3.05) is 37.4 Å². The van der Waals surface area contributed by atoms with Crippen LogP contribution in [0.25, 0.3) is 0 Å². The molecule has 1 fully saturated rings. The number of ether oxygens (including phenoxy) is 1. The van der Waals surface area contributed by atoms with Gasteiger partial charge in [-0.25, -0.2) is 0 Å². The van der Waals surface area contributed by atoms with Crippen molar-refractivity contribution in [2.45, 2.75) is 24.9 Å². The van der Waals surface area contributed by atoms with E-state index in [9.17, 15) is 9.59 Å². The molecule has 35 heavy (non-hydrogen) atoms. The number of thioether (sulfide) groups is 1. The highest BCUT2D eigenvalue weighted by atomic mass is 32.2. The number of morpholine rings is 1. The number of carbonyl (C=O) groups excluding carboxylic acids is 2. The van der Waals surface area contributed by atoms with E-state index >= 15 is 0 Å². The van der Waals surface area contributed by atoms with Crippen molar-refractivity contribution in [3.8, 4) is 0 Å². The van der Waals surface area contributed by atoms with Gasteiger partial charge in [0.15, 0.2) is 0 Å². The highest BCUT2D eigenvalue weighted by Crippen LogP contribution is 2.23. The molecule has 4 rings (SSSR count). The third-order valence-electron chi connectivity index (χ3n) is 5.88. The lowest BCUT2D eigenvalue weighted by atomic mass is 10.1. The molecule has 1 saturated heterocycles. The molecule has 0 atom stereocenters. The van der Waals surface area contributed by atoms with Crippen LogP contribution < -0.4 is 10.6 Å². The van der Waals surface area contributed by atoms with Gasteiger partial charge < -0.3 is 15.4 Å². The van der Waals surface area contributed by atoms with Crippen molar-refractivity contribution in [3.63, 3.8) is 0 Å². The van der Waals surface area contributed by atoms with Crippen LogP contribution in [0.4, 0.5) is 5.69 Å². The second kappa shape index (κ2) is 12.5. The molecule has 3 aromatic rings. The molecule has 0 spiro atoms. The van der Waals surface area contributed by atoms with E-state index in [4.69, 9.17) is 4.74 Å². The van der Waals surface area contributed by atoms with Crippen molar-refractivity contribution in [1.82, 2.24) is 10.2 Å². The van der Waals surface area contributed by atoms with Crippen molar-refractivity contribution in [1.29, 1.82) is 0 Å². The number of rotatable bonds is 9. The summed E-state index contributed by atoms with van der Waals surface area (Å²) in [6, 6.07) is 23.3. The van der Waals surface area contributed by atoms with Crippen molar-refractivity contribution in [2.24, 2.45) is 0 Å². The predicted octanol–water partition coefficient (Wildman–Crippen LogP) is 4.49. The van der Waals surface area contributed by atoms with Gasteiger partial charge in [-0.15, -0.1) is 11.8 Å². The number of benzene rings is 3. The van der Waals surface area contributed by atoms with E-state index in [-0.39, 0.29) is 17.6 Å². The Kier molecular flexibility index (Phi) is 8.95. The fourth-order valence-corrected chi connectivity index (χ4v) is 4.76. The molecule has 0 unspecified atom stereocenters. The summed E-state index contributed by atoms with van der Waals surface area (Å²) < 4.78 is 5.45. The molecule has 2 amide bonds. The molecule has 182 valence electrons. The molecule has 1 aliphatic rings. The van der Waals surface area contributed by atoms with Gasteiger partial charge in [0.05, 0.1) is 24.5 Å². The summed E-state index contributed by atoms with van der Waals surface area (Å²) in [5.74, 6) is -0.0279. The van der Waals surface area contributed by atoms with Crippen LogP contribution in [0.2, 0.25) is 0 Å². The van der Waals surface area contributed by atoms with Gasteiger partial charge in [-0.05, 0) is 42.3 Å². The maximum Gasteiger partial charge on any atom is 0.252 e. The molecule has 7 heteroatoms. The number of nitrogens with one attached hydrogen (secondary N) is 2. The van der Waals surface area contributed by atoms with E-state index in [0.717, 1.165) is 54.6 Å². The molecule has 1 heterocycles. The van der Waals surface area contributed by atoms with Crippen LogP contribution in [-0.4, -0.2) is 48.8 Å². The van der Waals surface area contributed by atoms with Gasteiger partial charge in [0.25, 0.3) is 5.91 Å². The lowest BCUT2D eigenvalue weighted by Gasteiger charge is -2.27. The number of hydrogen-bond donors (Lipinski definition) is 2. The first kappa shape index (κ1) is 25.0. The largest absolute Gasteiger partial charge is 0.379 e. The predicted molar refractivity (Wildman–Crippen MR) is 141 cm³/mol. The number of nitrogens with zero attached hydrogens (tertiary/aromatic N) is 1. The molecule has 0 aliphatic carbocycles. The first-order chi connectivity index (χ1) is 17.1. The fourth-order valence-electron chi connectivity index (χ4n) is 3.91. The van der Waals surface area contributed by atoms with Gasteiger partial charge in [0.1, 0.15) is 0 Å². The standard InChI is InChI=1S/C28H31N3O3S/c1-21-10-12-24(13-11-21)30-27(32)20-35-26-9-5-4-8-25(26)28(33)29-18-22-6-2-3-7-23(22)19-31-14-16-34-17-15-31/h2-13H,14-20H2,1H3,(H,29,33)(H,30,32). The number of carbonyl (C=O) groups is 2. The Bertz CT molecular complexity index is 1140. The number of aryl methyl sites for hydroxylation is 1. The zero-order valence-electron chi connectivity index (χ0n) is 20.0. The van der Waals surface area contributed by atoms with E-state index < -0.39 is 0 Å². The van der Waals surface area contributed by atoms with Gasteiger partial charge in [-0.1, -0.05) is 54.1 Å². The minimum absolute atomic E-state index is 0.105. The molecule has 0 radical (unpaired) electrons. The Balaban J connectivity index is 1.34. The number of amides is 2. The Labute approximate surface area is 211 Å². The van der Waals surface area contributed by atoms with Crippen molar-refractivity contribution in [3.05, 3.63) is 95.1 Å². The van der Waals surface area contributed by atoms with Crippen molar-refractivity contribution < 1.29 is 14.3 Å². The van der Waals surface area contributed by atoms with E-state index in [2.05, 4.69) is 27.7 Å². The average molecular weight is 490 g/mol. The van der Waals surface area contributed by atoms with Crippen molar-refractivity contribution >= 4 is 29.3 Å². The van der Waals surface area contributed by atoms with E-state index in [1.165, 1.54) is 17.3 Å². The maximum absolute atomic E-state index is 13.1. The minimum atomic E-state index is -0.145. The lowest BCUT2D eigenvalue weighted by molar-refractivity contribution is -0.113. The van der Waals surface area contributed by atoms with Crippen LogP contribution in [0.1, 0.15) is 27.0 Å². The summed E-state index contributed by atoms with van der Waals surface area (Å²) in [7, 11) is 0. The molecule has 0 saturated carbocycles. The summed E-state index contributed by atoms with van der Waals surface area (Å²) >= 11 is 1.36. The Morgan fingerprint density at radius 2 is 1.60 bits per heavy atom. The molecule has 2 N–H and O–H groups in total. The van der Waals surface area contributed by atoms with E-state index in [1.54, 1.807) is 6.07 Å². The Hall–Kier alpha value is -3.13. The summed E-state index contributed by atoms with van der Waals surface area (Å²) in [5.41, 5.74) is 4.80. The van der Waals surface area contributed by atoms with Crippen LogP contribution >= 0.6 is 11.8 Å². The van der Waals surface area contributed by atoms with Crippen LogP contribution in [0.5, 0.6) is 0 Å². The molecule has 0 aromatic heterocycles. The Morgan fingerprint density at radius 1 is 0.914 bits per heavy atom. The van der Waals surface area contributed by atoms with Crippen LogP contribution in [0.15, 0.2) is 77.7 Å². The SMILES string of the molecule is Cc1ccc(NC(=O)CSc2ccccc2C(=O)NCc2ccccc2CN2CCOCC2)cc1. The third-order valence-corrected chi connectivity index (χ3v) is 6.95. The lowest BCUT2D eigenvalue weighted by Crippen LogP contribution is -2.36. The smallest absolute Gasteiger partial charge is 0.252 e. The monoisotopic (exact) mass is 489 g/mol. The number of hydrogen-bond acceptors (Lipinski definition) is 5. The zero-order valence-corrected chi connectivity index (χ0v) is 20.8. The quantitative estimate of drug-likeness (QED) is 0.434.